The second-order valence-electron chi connectivity index (χ2n) is 5.38. The van der Waals surface area contributed by atoms with Crippen molar-refractivity contribution >= 4 is 17.2 Å². The molecule has 1 heterocycles. The molecule has 1 aliphatic carbocycles. The molecule has 1 fully saturated rings. The molecule has 0 bridgehead atoms. The molecule has 0 saturated heterocycles. The summed E-state index contributed by atoms with van der Waals surface area (Å²) in [7, 11) is 0. The second kappa shape index (κ2) is 7.65. The zero-order chi connectivity index (χ0) is 13.5. The fourth-order valence-electron chi connectivity index (χ4n) is 2.69. The molecule has 2 N–H and O–H groups in total. The summed E-state index contributed by atoms with van der Waals surface area (Å²) in [4.78, 5) is 12.7. The van der Waals surface area contributed by atoms with Crippen molar-refractivity contribution in [1.82, 2.24) is 5.32 Å². The van der Waals surface area contributed by atoms with Crippen LogP contribution in [0.15, 0.2) is 17.5 Å². The molecule has 1 aromatic rings. The van der Waals surface area contributed by atoms with Gasteiger partial charge in [-0.2, -0.15) is 0 Å². The second-order valence-corrected chi connectivity index (χ2v) is 6.36. The number of carbonyl (C=O) groups excluding carboxylic acids is 1. The average Bonchev–Trinajstić information content (AvgIpc) is 2.98. The van der Waals surface area contributed by atoms with Crippen molar-refractivity contribution in [2.45, 2.75) is 51.0 Å². The van der Waals surface area contributed by atoms with Gasteiger partial charge in [-0.05, 0) is 23.8 Å². The molecule has 4 heteroatoms. The molecule has 1 aromatic heterocycles. The van der Waals surface area contributed by atoms with Gasteiger partial charge >= 0.3 is 0 Å². The molecule has 0 aromatic carbocycles. The van der Waals surface area contributed by atoms with Gasteiger partial charge in [-0.1, -0.05) is 38.2 Å². The summed E-state index contributed by atoms with van der Waals surface area (Å²) >= 11 is 1.52. The van der Waals surface area contributed by atoms with Gasteiger partial charge in [0.2, 0.25) is 5.91 Å². The van der Waals surface area contributed by atoms with Crippen molar-refractivity contribution in [3.05, 3.63) is 22.4 Å². The highest BCUT2D eigenvalue weighted by Gasteiger charge is 2.15. The Hall–Kier alpha value is -0.870. The van der Waals surface area contributed by atoms with E-state index in [2.05, 4.69) is 5.32 Å². The standard InChI is InChI=1S/C15H23NO2S/c17-13(14-7-4-10-19-14)11-16-15(18)9-8-12-5-2-1-3-6-12/h4,7,10,12-13,17H,1-3,5-6,8-9,11H2,(H,16,18). The van der Waals surface area contributed by atoms with Crippen LogP contribution in [-0.4, -0.2) is 17.6 Å². The van der Waals surface area contributed by atoms with E-state index < -0.39 is 6.10 Å². The minimum atomic E-state index is -0.571. The van der Waals surface area contributed by atoms with Crippen molar-refractivity contribution in [3.8, 4) is 0 Å². The maximum Gasteiger partial charge on any atom is 0.220 e. The van der Waals surface area contributed by atoms with Crippen LogP contribution in [0.3, 0.4) is 0 Å². The molecule has 1 saturated carbocycles. The molecule has 2 rings (SSSR count). The Morgan fingerprint density at radius 1 is 1.42 bits per heavy atom. The molecule has 0 radical (unpaired) electrons. The van der Waals surface area contributed by atoms with Crippen LogP contribution < -0.4 is 5.32 Å². The van der Waals surface area contributed by atoms with Crippen LogP contribution >= 0.6 is 11.3 Å². The fraction of sp³-hybridized carbons (Fsp3) is 0.667. The molecular formula is C15H23NO2S. The third-order valence-electron chi connectivity index (χ3n) is 3.87. The summed E-state index contributed by atoms with van der Waals surface area (Å²) in [5.41, 5.74) is 0. The Morgan fingerprint density at radius 3 is 2.89 bits per heavy atom. The predicted octanol–water partition coefficient (Wildman–Crippen LogP) is 3.26. The lowest BCUT2D eigenvalue weighted by molar-refractivity contribution is -0.121. The van der Waals surface area contributed by atoms with Gasteiger partial charge < -0.3 is 10.4 Å². The maximum absolute atomic E-state index is 11.7. The SMILES string of the molecule is O=C(CCC1CCCCC1)NCC(O)c1cccs1. The highest BCUT2D eigenvalue weighted by Crippen LogP contribution is 2.27. The number of carbonyl (C=O) groups is 1. The van der Waals surface area contributed by atoms with Crippen LogP contribution in [0.25, 0.3) is 0 Å². The predicted molar refractivity (Wildman–Crippen MR) is 78.1 cm³/mol. The Morgan fingerprint density at radius 2 is 2.21 bits per heavy atom. The van der Waals surface area contributed by atoms with Gasteiger partial charge in [0.05, 0.1) is 0 Å². The van der Waals surface area contributed by atoms with Crippen LogP contribution in [0, 0.1) is 5.92 Å². The van der Waals surface area contributed by atoms with Gasteiger partial charge in [-0.15, -0.1) is 11.3 Å². The highest BCUT2D eigenvalue weighted by atomic mass is 32.1. The Kier molecular flexibility index (Phi) is 5.86. The number of rotatable bonds is 6. The molecule has 1 atom stereocenters. The number of aliphatic hydroxyl groups is 1. The van der Waals surface area contributed by atoms with E-state index in [1.165, 1.54) is 43.4 Å². The van der Waals surface area contributed by atoms with E-state index in [4.69, 9.17) is 0 Å². The third-order valence-corrected chi connectivity index (χ3v) is 4.84. The highest BCUT2D eigenvalue weighted by molar-refractivity contribution is 7.10. The molecule has 1 unspecified atom stereocenters. The molecule has 3 nitrogen and oxygen atoms in total. The van der Waals surface area contributed by atoms with Crippen molar-refractivity contribution in [2.75, 3.05) is 6.54 Å². The molecule has 106 valence electrons. The summed E-state index contributed by atoms with van der Waals surface area (Å²) in [6, 6.07) is 3.80. The van der Waals surface area contributed by atoms with E-state index in [0.717, 1.165) is 17.2 Å². The van der Waals surface area contributed by atoms with Crippen LogP contribution in [0.2, 0.25) is 0 Å². The normalized spacial score (nSPS) is 18.2. The number of nitrogens with one attached hydrogen (secondary N) is 1. The van der Waals surface area contributed by atoms with Crippen LogP contribution in [0.1, 0.15) is 55.9 Å². The molecular weight excluding hydrogens is 258 g/mol. The monoisotopic (exact) mass is 281 g/mol. The van der Waals surface area contributed by atoms with E-state index in [1.54, 1.807) is 0 Å². The molecule has 1 amide bonds. The van der Waals surface area contributed by atoms with Gasteiger partial charge in [0.25, 0.3) is 0 Å². The number of amides is 1. The first-order chi connectivity index (χ1) is 9.25. The Balaban J connectivity index is 1.61. The lowest BCUT2D eigenvalue weighted by atomic mass is 9.86. The summed E-state index contributed by atoms with van der Waals surface area (Å²) in [5.74, 6) is 0.808. The lowest BCUT2D eigenvalue weighted by Gasteiger charge is -2.21. The lowest BCUT2D eigenvalue weighted by Crippen LogP contribution is -2.28. The zero-order valence-electron chi connectivity index (χ0n) is 11.3. The average molecular weight is 281 g/mol. The van der Waals surface area contributed by atoms with E-state index in [9.17, 15) is 9.90 Å². The summed E-state index contributed by atoms with van der Waals surface area (Å²) < 4.78 is 0. The summed E-state index contributed by atoms with van der Waals surface area (Å²) in [6.45, 7) is 0.323. The number of hydrogen-bond acceptors (Lipinski definition) is 3. The van der Waals surface area contributed by atoms with E-state index in [0.29, 0.717) is 13.0 Å². The van der Waals surface area contributed by atoms with Crippen LogP contribution in [0.4, 0.5) is 0 Å². The van der Waals surface area contributed by atoms with Gasteiger partial charge in [0.15, 0.2) is 0 Å². The minimum Gasteiger partial charge on any atom is -0.386 e. The first-order valence-corrected chi connectivity index (χ1v) is 8.12. The van der Waals surface area contributed by atoms with Crippen LogP contribution in [0.5, 0.6) is 0 Å². The summed E-state index contributed by atoms with van der Waals surface area (Å²) in [5, 5.41) is 14.6. The van der Waals surface area contributed by atoms with Crippen molar-refractivity contribution < 1.29 is 9.90 Å². The zero-order valence-corrected chi connectivity index (χ0v) is 12.1. The number of thiophene rings is 1. The van der Waals surface area contributed by atoms with Crippen molar-refractivity contribution in [2.24, 2.45) is 5.92 Å². The fourth-order valence-corrected chi connectivity index (χ4v) is 3.40. The van der Waals surface area contributed by atoms with E-state index in [-0.39, 0.29) is 5.91 Å². The largest absolute Gasteiger partial charge is 0.386 e. The molecule has 1 aliphatic rings. The molecule has 0 aliphatic heterocycles. The quantitative estimate of drug-likeness (QED) is 0.841. The molecule has 0 spiro atoms. The van der Waals surface area contributed by atoms with Crippen molar-refractivity contribution in [3.63, 3.8) is 0 Å². The van der Waals surface area contributed by atoms with Crippen molar-refractivity contribution in [1.29, 1.82) is 0 Å². The van der Waals surface area contributed by atoms with E-state index >= 15 is 0 Å². The number of hydrogen-bond donors (Lipinski definition) is 2. The van der Waals surface area contributed by atoms with Crippen LogP contribution in [-0.2, 0) is 4.79 Å². The number of aliphatic hydroxyl groups excluding tert-OH is 1. The summed E-state index contributed by atoms with van der Waals surface area (Å²) in [6.07, 6.45) is 7.60. The van der Waals surface area contributed by atoms with Gasteiger partial charge in [0.1, 0.15) is 6.10 Å². The molecule has 19 heavy (non-hydrogen) atoms. The Labute approximate surface area is 119 Å². The van der Waals surface area contributed by atoms with Gasteiger partial charge in [-0.3, -0.25) is 4.79 Å². The third kappa shape index (κ3) is 4.96. The maximum atomic E-state index is 11.7. The van der Waals surface area contributed by atoms with E-state index in [1.807, 2.05) is 17.5 Å². The smallest absolute Gasteiger partial charge is 0.220 e. The topological polar surface area (TPSA) is 49.3 Å². The Bertz CT molecular complexity index is 372. The van der Waals surface area contributed by atoms with Gasteiger partial charge in [-0.25, -0.2) is 0 Å². The van der Waals surface area contributed by atoms with Gasteiger partial charge in [0, 0.05) is 17.8 Å². The first kappa shape index (κ1) is 14.5. The minimum absolute atomic E-state index is 0.0705. The first-order valence-electron chi connectivity index (χ1n) is 7.24.